The van der Waals surface area contributed by atoms with Crippen LogP contribution in [0.3, 0.4) is 0 Å². The number of hydrogen-bond acceptors (Lipinski definition) is 2. The molecule has 0 aromatic heterocycles. The molecule has 2 rings (SSSR count). The van der Waals surface area contributed by atoms with Gasteiger partial charge in [-0.05, 0) is 48.5 Å². The van der Waals surface area contributed by atoms with E-state index in [1.54, 1.807) is 0 Å². The van der Waals surface area contributed by atoms with E-state index in [1.165, 1.54) is 24.3 Å². The molecular formula is C15H11F3N2O2. The second-order valence-electron chi connectivity index (χ2n) is 4.47. The van der Waals surface area contributed by atoms with Crippen molar-refractivity contribution >= 4 is 17.5 Å². The van der Waals surface area contributed by atoms with Crippen LogP contribution in [-0.2, 0) is 6.18 Å². The fourth-order valence-corrected chi connectivity index (χ4v) is 1.73. The molecule has 0 unspecified atom stereocenters. The molecular weight excluding hydrogens is 297 g/mol. The molecule has 0 aliphatic carbocycles. The van der Waals surface area contributed by atoms with E-state index in [9.17, 15) is 22.8 Å². The lowest BCUT2D eigenvalue weighted by atomic mass is 10.1. The SMILES string of the molecule is NC(=O)c1ccc(NC(=O)c2ccc(C(F)(F)F)cc2)cc1. The Labute approximate surface area is 123 Å². The number of carbonyl (C=O) groups excluding carboxylic acids is 2. The molecule has 0 heterocycles. The number of benzene rings is 2. The van der Waals surface area contributed by atoms with Crippen molar-refractivity contribution in [2.24, 2.45) is 5.73 Å². The van der Waals surface area contributed by atoms with Crippen LogP contribution in [-0.4, -0.2) is 11.8 Å². The Hall–Kier alpha value is -2.83. The van der Waals surface area contributed by atoms with Crippen molar-refractivity contribution in [3.05, 3.63) is 65.2 Å². The lowest BCUT2D eigenvalue weighted by Crippen LogP contribution is -2.14. The molecule has 7 heteroatoms. The number of alkyl halides is 3. The van der Waals surface area contributed by atoms with Crippen molar-refractivity contribution in [1.82, 2.24) is 0 Å². The minimum atomic E-state index is -4.44. The quantitative estimate of drug-likeness (QED) is 0.914. The molecule has 3 N–H and O–H groups in total. The lowest BCUT2D eigenvalue weighted by Gasteiger charge is -2.08. The average Bonchev–Trinajstić information content (AvgIpc) is 2.47. The summed E-state index contributed by atoms with van der Waals surface area (Å²) in [4.78, 5) is 22.8. The number of nitrogens with two attached hydrogens (primary N) is 1. The largest absolute Gasteiger partial charge is 0.416 e. The summed E-state index contributed by atoms with van der Waals surface area (Å²) < 4.78 is 37.3. The van der Waals surface area contributed by atoms with Crippen LogP contribution >= 0.6 is 0 Å². The van der Waals surface area contributed by atoms with E-state index in [1.807, 2.05) is 0 Å². The highest BCUT2D eigenvalue weighted by molar-refractivity contribution is 6.04. The number of amides is 2. The van der Waals surface area contributed by atoms with Crippen LogP contribution in [0, 0.1) is 0 Å². The maximum Gasteiger partial charge on any atom is 0.416 e. The average molecular weight is 308 g/mol. The maximum absolute atomic E-state index is 12.4. The molecule has 2 aromatic carbocycles. The molecule has 0 bridgehead atoms. The summed E-state index contributed by atoms with van der Waals surface area (Å²) in [5.41, 5.74) is 5.04. The van der Waals surface area contributed by atoms with Crippen LogP contribution in [0.5, 0.6) is 0 Å². The molecule has 0 spiro atoms. The minimum absolute atomic E-state index is 0.0898. The molecule has 0 saturated heterocycles. The van der Waals surface area contributed by atoms with Crippen molar-refractivity contribution < 1.29 is 22.8 Å². The van der Waals surface area contributed by atoms with Crippen LogP contribution < -0.4 is 11.1 Å². The van der Waals surface area contributed by atoms with Gasteiger partial charge in [0.25, 0.3) is 5.91 Å². The Bertz CT molecular complexity index is 692. The van der Waals surface area contributed by atoms with Crippen molar-refractivity contribution in [3.63, 3.8) is 0 Å². The number of primary amides is 1. The molecule has 0 atom stereocenters. The predicted molar refractivity (Wildman–Crippen MR) is 74.4 cm³/mol. The second-order valence-corrected chi connectivity index (χ2v) is 4.47. The third-order valence-corrected chi connectivity index (χ3v) is 2.90. The van der Waals surface area contributed by atoms with Crippen LogP contribution in [0.25, 0.3) is 0 Å². The monoisotopic (exact) mass is 308 g/mol. The summed E-state index contributed by atoms with van der Waals surface area (Å²) in [5, 5.41) is 2.51. The first-order valence-corrected chi connectivity index (χ1v) is 6.16. The topological polar surface area (TPSA) is 72.2 Å². The molecule has 2 aromatic rings. The van der Waals surface area contributed by atoms with E-state index in [2.05, 4.69) is 5.32 Å². The predicted octanol–water partition coefficient (Wildman–Crippen LogP) is 3.06. The smallest absolute Gasteiger partial charge is 0.366 e. The highest BCUT2D eigenvalue weighted by Crippen LogP contribution is 2.29. The van der Waals surface area contributed by atoms with Crippen LogP contribution in [0.4, 0.5) is 18.9 Å². The van der Waals surface area contributed by atoms with Gasteiger partial charge in [0.05, 0.1) is 5.56 Å². The van der Waals surface area contributed by atoms with E-state index in [-0.39, 0.29) is 11.1 Å². The normalized spacial score (nSPS) is 11.0. The fraction of sp³-hybridized carbons (Fsp3) is 0.0667. The first-order chi connectivity index (χ1) is 10.3. The fourth-order valence-electron chi connectivity index (χ4n) is 1.73. The Kier molecular flexibility index (Phi) is 4.16. The van der Waals surface area contributed by atoms with Gasteiger partial charge in [-0.2, -0.15) is 13.2 Å². The highest BCUT2D eigenvalue weighted by atomic mass is 19.4. The van der Waals surface area contributed by atoms with E-state index < -0.39 is 23.6 Å². The summed E-state index contributed by atoms with van der Waals surface area (Å²) in [6.45, 7) is 0. The molecule has 0 fully saturated rings. The van der Waals surface area contributed by atoms with Crippen LogP contribution in [0.1, 0.15) is 26.3 Å². The number of halogens is 3. The zero-order valence-electron chi connectivity index (χ0n) is 11.1. The summed E-state index contributed by atoms with van der Waals surface area (Å²) >= 11 is 0. The number of rotatable bonds is 3. The summed E-state index contributed by atoms with van der Waals surface area (Å²) in [6.07, 6.45) is -4.44. The third-order valence-electron chi connectivity index (χ3n) is 2.90. The van der Waals surface area contributed by atoms with Gasteiger partial charge in [-0.15, -0.1) is 0 Å². The molecule has 0 saturated carbocycles. The minimum Gasteiger partial charge on any atom is -0.366 e. The Morgan fingerprint density at radius 1 is 0.864 bits per heavy atom. The number of nitrogens with one attached hydrogen (secondary N) is 1. The first-order valence-electron chi connectivity index (χ1n) is 6.16. The van der Waals surface area contributed by atoms with Gasteiger partial charge in [-0.3, -0.25) is 9.59 Å². The molecule has 2 amide bonds. The summed E-state index contributed by atoms with van der Waals surface area (Å²) in [5.74, 6) is -1.15. The van der Waals surface area contributed by atoms with E-state index in [4.69, 9.17) is 5.73 Å². The van der Waals surface area contributed by atoms with Gasteiger partial charge in [-0.1, -0.05) is 0 Å². The Morgan fingerprint density at radius 3 is 1.82 bits per heavy atom. The molecule has 22 heavy (non-hydrogen) atoms. The molecule has 114 valence electrons. The lowest BCUT2D eigenvalue weighted by molar-refractivity contribution is -0.137. The maximum atomic E-state index is 12.4. The van der Waals surface area contributed by atoms with Gasteiger partial charge in [0.15, 0.2) is 0 Å². The Balaban J connectivity index is 2.10. The van der Waals surface area contributed by atoms with E-state index in [0.717, 1.165) is 24.3 Å². The summed E-state index contributed by atoms with van der Waals surface area (Å²) in [7, 11) is 0. The third kappa shape index (κ3) is 3.63. The van der Waals surface area contributed by atoms with E-state index in [0.29, 0.717) is 5.69 Å². The summed E-state index contributed by atoms with van der Waals surface area (Å²) in [6, 6.07) is 9.68. The van der Waals surface area contributed by atoms with Crippen molar-refractivity contribution in [1.29, 1.82) is 0 Å². The van der Waals surface area contributed by atoms with Gasteiger partial charge >= 0.3 is 6.18 Å². The van der Waals surface area contributed by atoms with Crippen molar-refractivity contribution in [2.45, 2.75) is 6.18 Å². The van der Waals surface area contributed by atoms with Crippen LogP contribution in [0.15, 0.2) is 48.5 Å². The molecule has 0 aliphatic rings. The van der Waals surface area contributed by atoms with Crippen molar-refractivity contribution in [3.8, 4) is 0 Å². The molecule has 0 aliphatic heterocycles. The molecule has 0 radical (unpaired) electrons. The van der Waals surface area contributed by atoms with E-state index >= 15 is 0 Å². The van der Waals surface area contributed by atoms with Gasteiger partial charge < -0.3 is 11.1 Å². The number of carbonyl (C=O) groups is 2. The van der Waals surface area contributed by atoms with Gasteiger partial charge in [0.2, 0.25) is 5.91 Å². The first kappa shape index (κ1) is 15.6. The molecule has 4 nitrogen and oxygen atoms in total. The zero-order chi connectivity index (χ0) is 16.3. The number of hydrogen-bond donors (Lipinski definition) is 2. The van der Waals surface area contributed by atoms with Gasteiger partial charge in [-0.25, -0.2) is 0 Å². The second kappa shape index (κ2) is 5.88. The zero-order valence-corrected chi connectivity index (χ0v) is 11.1. The van der Waals surface area contributed by atoms with Crippen molar-refractivity contribution in [2.75, 3.05) is 5.32 Å². The Morgan fingerprint density at radius 2 is 1.36 bits per heavy atom. The standard InChI is InChI=1S/C15H11F3N2O2/c16-15(17,18)11-5-1-10(2-6-11)14(22)20-12-7-3-9(4-8-12)13(19)21/h1-8H,(H2,19,21)(H,20,22). The van der Waals surface area contributed by atoms with Gasteiger partial charge in [0.1, 0.15) is 0 Å². The van der Waals surface area contributed by atoms with Crippen LogP contribution in [0.2, 0.25) is 0 Å². The highest BCUT2D eigenvalue weighted by Gasteiger charge is 2.30. The van der Waals surface area contributed by atoms with Gasteiger partial charge in [0, 0.05) is 16.8 Å². The number of anilines is 1.